The van der Waals surface area contributed by atoms with Crippen LogP contribution in [-0.2, 0) is 11.2 Å². The third kappa shape index (κ3) is 4.32. The number of carbonyl (C=O) groups excluding carboxylic acids is 1. The largest absolute Gasteiger partial charge is 0.339 e. The Morgan fingerprint density at radius 3 is 2.54 bits per heavy atom. The maximum Gasteiger partial charge on any atom is 0.227 e. The van der Waals surface area contributed by atoms with Gasteiger partial charge in [0.25, 0.3) is 0 Å². The molecule has 2 aromatic heterocycles. The van der Waals surface area contributed by atoms with Crippen molar-refractivity contribution in [2.24, 2.45) is 0 Å². The Balaban J connectivity index is 1.32. The van der Waals surface area contributed by atoms with E-state index in [4.69, 9.17) is 4.52 Å². The summed E-state index contributed by atoms with van der Waals surface area (Å²) < 4.78 is 5.24. The zero-order valence-corrected chi connectivity index (χ0v) is 16.1. The first-order valence-electron chi connectivity index (χ1n) is 8.88. The zero-order valence-electron chi connectivity index (χ0n) is 15.3. The van der Waals surface area contributed by atoms with Crippen molar-refractivity contribution >= 4 is 22.9 Å². The van der Waals surface area contributed by atoms with Gasteiger partial charge in [-0.3, -0.25) is 4.79 Å². The molecule has 7 heteroatoms. The molecular weight excluding hydrogens is 372 g/mol. The number of aromatic nitrogens is 3. The number of hydrogen-bond donors (Lipinski definition) is 1. The lowest BCUT2D eigenvalue weighted by molar-refractivity contribution is -0.116. The lowest BCUT2D eigenvalue weighted by Crippen LogP contribution is -2.12. The normalized spacial score (nSPS) is 10.8. The predicted octanol–water partition coefficient (Wildman–Crippen LogP) is 4.74. The SMILES string of the molecule is Cc1nc(-c2ccc(NC(=O)CCc3nc(-c4ccccc4)no3)cc2)cs1. The number of benzene rings is 2. The van der Waals surface area contributed by atoms with Crippen molar-refractivity contribution in [2.75, 3.05) is 5.32 Å². The molecule has 1 amide bonds. The van der Waals surface area contributed by atoms with E-state index in [2.05, 4.69) is 20.4 Å². The topological polar surface area (TPSA) is 80.9 Å². The number of anilines is 1. The number of aryl methyl sites for hydroxylation is 2. The summed E-state index contributed by atoms with van der Waals surface area (Å²) >= 11 is 1.62. The fourth-order valence-electron chi connectivity index (χ4n) is 2.73. The van der Waals surface area contributed by atoms with Gasteiger partial charge < -0.3 is 9.84 Å². The van der Waals surface area contributed by atoms with E-state index in [1.807, 2.05) is 66.9 Å². The van der Waals surface area contributed by atoms with Gasteiger partial charge in [-0.15, -0.1) is 11.3 Å². The Kier molecular flexibility index (Phi) is 5.25. The van der Waals surface area contributed by atoms with Crippen LogP contribution in [0.5, 0.6) is 0 Å². The van der Waals surface area contributed by atoms with Crippen molar-refractivity contribution in [1.82, 2.24) is 15.1 Å². The highest BCUT2D eigenvalue weighted by molar-refractivity contribution is 7.09. The molecule has 4 aromatic rings. The molecule has 1 N–H and O–H groups in total. The highest BCUT2D eigenvalue weighted by atomic mass is 32.1. The van der Waals surface area contributed by atoms with Crippen molar-refractivity contribution in [1.29, 1.82) is 0 Å². The Morgan fingerprint density at radius 2 is 1.82 bits per heavy atom. The molecule has 0 saturated carbocycles. The van der Waals surface area contributed by atoms with Crippen LogP contribution >= 0.6 is 11.3 Å². The number of amides is 1. The number of hydrogen-bond acceptors (Lipinski definition) is 6. The maximum absolute atomic E-state index is 12.2. The van der Waals surface area contributed by atoms with Gasteiger partial charge in [-0.1, -0.05) is 47.6 Å². The van der Waals surface area contributed by atoms with Gasteiger partial charge in [-0.2, -0.15) is 4.98 Å². The molecule has 28 heavy (non-hydrogen) atoms. The van der Waals surface area contributed by atoms with Gasteiger partial charge in [-0.05, 0) is 19.1 Å². The number of nitrogens with zero attached hydrogens (tertiary/aromatic N) is 3. The van der Waals surface area contributed by atoms with Crippen LogP contribution in [0.25, 0.3) is 22.6 Å². The number of thiazole rings is 1. The molecule has 0 aliphatic carbocycles. The van der Waals surface area contributed by atoms with Gasteiger partial charge in [0.1, 0.15) is 0 Å². The second kappa shape index (κ2) is 8.14. The first-order chi connectivity index (χ1) is 13.7. The van der Waals surface area contributed by atoms with Crippen LogP contribution in [-0.4, -0.2) is 21.0 Å². The van der Waals surface area contributed by atoms with Crippen molar-refractivity contribution in [3.05, 3.63) is 70.9 Å². The molecule has 140 valence electrons. The van der Waals surface area contributed by atoms with Gasteiger partial charge in [0.2, 0.25) is 17.6 Å². The fourth-order valence-corrected chi connectivity index (χ4v) is 3.35. The summed E-state index contributed by atoms with van der Waals surface area (Å²) in [5.41, 5.74) is 3.61. The van der Waals surface area contributed by atoms with E-state index >= 15 is 0 Å². The fraction of sp³-hybridized carbons (Fsp3) is 0.143. The van der Waals surface area contributed by atoms with Crippen LogP contribution in [0.4, 0.5) is 5.69 Å². The first kappa shape index (κ1) is 18.1. The molecule has 4 rings (SSSR count). The maximum atomic E-state index is 12.2. The van der Waals surface area contributed by atoms with Crippen molar-refractivity contribution in [3.63, 3.8) is 0 Å². The Bertz CT molecular complexity index is 1070. The molecule has 6 nitrogen and oxygen atoms in total. The molecule has 0 radical (unpaired) electrons. The Morgan fingerprint density at radius 1 is 1.04 bits per heavy atom. The quantitative estimate of drug-likeness (QED) is 0.514. The van der Waals surface area contributed by atoms with Crippen LogP contribution in [0.3, 0.4) is 0 Å². The van der Waals surface area contributed by atoms with Crippen molar-refractivity contribution < 1.29 is 9.32 Å². The van der Waals surface area contributed by atoms with Gasteiger partial charge in [-0.25, -0.2) is 4.98 Å². The number of nitrogens with one attached hydrogen (secondary N) is 1. The second-order valence-electron chi connectivity index (χ2n) is 6.26. The van der Waals surface area contributed by atoms with E-state index in [1.165, 1.54) is 0 Å². The summed E-state index contributed by atoms with van der Waals surface area (Å²) in [5, 5.41) is 9.91. The minimum absolute atomic E-state index is 0.100. The molecule has 0 aliphatic rings. The van der Waals surface area contributed by atoms with E-state index in [9.17, 15) is 4.79 Å². The standard InChI is InChI=1S/C21H18N4O2S/c1-14-22-18(13-28-14)15-7-9-17(10-8-15)23-19(26)11-12-20-24-21(25-27-20)16-5-3-2-4-6-16/h2-10,13H,11-12H2,1H3,(H,23,26). The highest BCUT2D eigenvalue weighted by Gasteiger charge is 2.11. The molecule has 0 spiro atoms. The summed E-state index contributed by atoms with van der Waals surface area (Å²) in [5.74, 6) is 0.879. The monoisotopic (exact) mass is 390 g/mol. The van der Waals surface area contributed by atoms with Gasteiger partial charge in [0.05, 0.1) is 10.7 Å². The molecule has 2 aromatic carbocycles. The summed E-state index contributed by atoms with van der Waals surface area (Å²) in [4.78, 5) is 21.0. The predicted molar refractivity (Wildman–Crippen MR) is 109 cm³/mol. The third-order valence-electron chi connectivity index (χ3n) is 4.15. The van der Waals surface area contributed by atoms with Crippen molar-refractivity contribution in [3.8, 4) is 22.6 Å². The average Bonchev–Trinajstić information content (AvgIpc) is 3.37. The molecule has 0 atom stereocenters. The minimum atomic E-state index is -0.100. The van der Waals surface area contributed by atoms with E-state index < -0.39 is 0 Å². The van der Waals surface area contributed by atoms with Crippen LogP contribution in [0.15, 0.2) is 64.5 Å². The lowest BCUT2D eigenvalue weighted by atomic mass is 10.1. The summed E-state index contributed by atoms with van der Waals surface area (Å²) in [6.07, 6.45) is 0.658. The Hall–Kier alpha value is -3.32. The summed E-state index contributed by atoms with van der Waals surface area (Å²) in [6.45, 7) is 1.98. The van der Waals surface area contributed by atoms with E-state index in [1.54, 1.807) is 11.3 Å². The van der Waals surface area contributed by atoms with Crippen LogP contribution in [0, 0.1) is 6.92 Å². The number of rotatable bonds is 6. The van der Waals surface area contributed by atoms with Crippen LogP contribution in [0.1, 0.15) is 17.3 Å². The van der Waals surface area contributed by atoms with E-state index in [-0.39, 0.29) is 12.3 Å². The van der Waals surface area contributed by atoms with Gasteiger partial charge in [0.15, 0.2) is 0 Å². The van der Waals surface area contributed by atoms with E-state index in [0.29, 0.717) is 18.1 Å². The smallest absolute Gasteiger partial charge is 0.227 e. The Labute approximate surface area is 166 Å². The third-order valence-corrected chi connectivity index (χ3v) is 4.92. The second-order valence-corrected chi connectivity index (χ2v) is 7.32. The van der Waals surface area contributed by atoms with Crippen LogP contribution < -0.4 is 5.32 Å². The first-order valence-corrected chi connectivity index (χ1v) is 9.76. The molecule has 0 unspecified atom stereocenters. The average molecular weight is 390 g/mol. The molecule has 0 bridgehead atoms. The summed E-state index contributed by atoms with van der Waals surface area (Å²) in [6, 6.07) is 17.3. The molecule has 2 heterocycles. The van der Waals surface area contributed by atoms with Gasteiger partial charge >= 0.3 is 0 Å². The molecule has 0 saturated heterocycles. The molecular formula is C21H18N4O2S. The van der Waals surface area contributed by atoms with E-state index in [0.717, 1.165) is 27.5 Å². The summed E-state index contributed by atoms with van der Waals surface area (Å²) in [7, 11) is 0. The zero-order chi connectivity index (χ0) is 19.3. The van der Waals surface area contributed by atoms with Gasteiger partial charge in [0, 0.05) is 35.0 Å². The highest BCUT2D eigenvalue weighted by Crippen LogP contribution is 2.23. The minimum Gasteiger partial charge on any atom is -0.339 e. The number of carbonyl (C=O) groups is 1. The molecule has 0 aliphatic heterocycles. The lowest BCUT2D eigenvalue weighted by Gasteiger charge is -2.05. The van der Waals surface area contributed by atoms with Crippen LogP contribution in [0.2, 0.25) is 0 Å². The molecule has 0 fully saturated rings. The van der Waals surface area contributed by atoms with Crippen molar-refractivity contribution in [2.45, 2.75) is 19.8 Å².